The third-order valence-corrected chi connectivity index (χ3v) is 4.44. The van der Waals surface area contributed by atoms with Crippen molar-refractivity contribution in [2.45, 2.75) is 17.9 Å². The van der Waals surface area contributed by atoms with Crippen LogP contribution in [0.2, 0.25) is 0 Å². The van der Waals surface area contributed by atoms with Crippen LogP contribution >= 0.6 is 0 Å². The molecule has 2 aromatic heterocycles. The molecule has 1 saturated heterocycles. The molecule has 2 N–H and O–H groups in total. The van der Waals surface area contributed by atoms with E-state index in [1.807, 2.05) is 36.4 Å². The number of carbonyl (C=O) groups excluding carboxylic acids is 2. The molecule has 2 fully saturated rings. The molecule has 110 valence electrons. The summed E-state index contributed by atoms with van der Waals surface area (Å²) in [5.41, 5.74) is 1.72. The lowest BCUT2D eigenvalue weighted by molar-refractivity contribution is -0.131. The molecule has 4 atom stereocenters. The molecule has 6 heteroatoms. The Kier molecular flexibility index (Phi) is 2.89. The number of amides is 3. The van der Waals surface area contributed by atoms with E-state index in [1.165, 1.54) is 0 Å². The van der Waals surface area contributed by atoms with Gasteiger partial charge in [0.05, 0.1) is 12.0 Å². The van der Waals surface area contributed by atoms with Gasteiger partial charge in [-0.1, -0.05) is 12.1 Å². The number of fused-ring (bicyclic) bond motifs is 1. The minimum absolute atomic E-state index is 0.0453. The molecule has 0 radical (unpaired) electrons. The Morgan fingerprint density at radius 2 is 1.45 bits per heavy atom. The maximum absolute atomic E-state index is 12.2. The average molecular weight is 294 g/mol. The van der Waals surface area contributed by atoms with Gasteiger partial charge in [0.2, 0.25) is 5.91 Å². The van der Waals surface area contributed by atoms with Crippen LogP contribution in [0, 0.1) is 5.92 Å². The summed E-state index contributed by atoms with van der Waals surface area (Å²) in [4.78, 5) is 32.6. The molecule has 4 rings (SSSR count). The quantitative estimate of drug-likeness (QED) is 0.871. The third-order valence-electron chi connectivity index (χ3n) is 4.44. The monoisotopic (exact) mass is 294 g/mol. The Bertz CT molecular complexity index is 719. The van der Waals surface area contributed by atoms with Crippen molar-refractivity contribution in [3.8, 4) is 0 Å². The van der Waals surface area contributed by atoms with Crippen LogP contribution in [0.25, 0.3) is 0 Å². The van der Waals surface area contributed by atoms with E-state index in [0.717, 1.165) is 11.4 Å². The summed E-state index contributed by atoms with van der Waals surface area (Å²) in [5, 5.41) is 5.20. The van der Waals surface area contributed by atoms with E-state index in [9.17, 15) is 9.59 Å². The van der Waals surface area contributed by atoms with Gasteiger partial charge in [0, 0.05) is 35.6 Å². The molecule has 4 unspecified atom stereocenters. The smallest absolute Gasteiger partial charge is 0.321 e. The minimum atomic E-state index is -0.438. The Balaban J connectivity index is 1.76. The fourth-order valence-corrected chi connectivity index (χ4v) is 3.52. The number of hydrogen-bond acceptors (Lipinski definition) is 4. The van der Waals surface area contributed by atoms with Crippen molar-refractivity contribution >= 4 is 11.9 Å². The van der Waals surface area contributed by atoms with Crippen molar-refractivity contribution in [3.05, 3.63) is 60.2 Å². The molecule has 0 bridgehead atoms. The number of rotatable bonds is 2. The molecule has 3 heterocycles. The molecular weight excluding hydrogens is 280 g/mol. The van der Waals surface area contributed by atoms with Crippen LogP contribution < -0.4 is 10.6 Å². The fraction of sp³-hybridized carbons (Fsp3) is 0.250. The van der Waals surface area contributed by atoms with Crippen LogP contribution in [0.3, 0.4) is 0 Å². The molecule has 1 aliphatic heterocycles. The predicted molar refractivity (Wildman–Crippen MR) is 77.9 cm³/mol. The van der Waals surface area contributed by atoms with E-state index in [2.05, 4.69) is 20.6 Å². The summed E-state index contributed by atoms with van der Waals surface area (Å²) in [6.07, 6.45) is 3.44. The first-order valence-corrected chi connectivity index (χ1v) is 7.19. The first kappa shape index (κ1) is 12.9. The van der Waals surface area contributed by atoms with Crippen LogP contribution in [-0.4, -0.2) is 27.9 Å². The van der Waals surface area contributed by atoms with E-state index in [1.54, 1.807) is 12.4 Å². The van der Waals surface area contributed by atoms with Crippen molar-refractivity contribution in [1.29, 1.82) is 0 Å². The van der Waals surface area contributed by atoms with E-state index in [-0.39, 0.29) is 29.7 Å². The minimum Gasteiger partial charge on any atom is -0.334 e. The normalized spacial score (nSPS) is 29.8. The number of carbonyl (C=O) groups is 2. The summed E-state index contributed by atoms with van der Waals surface area (Å²) in [5.74, 6) is -0.672. The van der Waals surface area contributed by atoms with E-state index >= 15 is 0 Å². The van der Waals surface area contributed by atoms with Gasteiger partial charge in [0.1, 0.15) is 0 Å². The van der Waals surface area contributed by atoms with Crippen LogP contribution in [0.1, 0.15) is 23.2 Å². The maximum atomic E-state index is 12.2. The molecule has 22 heavy (non-hydrogen) atoms. The van der Waals surface area contributed by atoms with E-state index < -0.39 is 6.03 Å². The molecule has 1 aliphatic carbocycles. The zero-order chi connectivity index (χ0) is 15.1. The topological polar surface area (TPSA) is 84.0 Å². The van der Waals surface area contributed by atoms with Gasteiger partial charge >= 0.3 is 6.03 Å². The summed E-state index contributed by atoms with van der Waals surface area (Å²) in [6, 6.07) is 10.7. The van der Waals surface area contributed by atoms with Crippen molar-refractivity contribution in [2.75, 3.05) is 0 Å². The number of nitrogens with zero attached hydrogens (tertiary/aromatic N) is 2. The number of urea groups is 1. The summed E-state index contributed by atoms with van der Waals surface area (Å²) < 4.78 is 0. The Morgan fingerprint density at radius 3 is 2.05 bits per heavy atom. The van der Waals surface area contributed by atoms with Gasteiger partial charge in [-0.25, -0.2) is 4.79 Å². The lowest BCUT2D eigenvalue weighted by atomic mass is 9.57. The first-order chi connectivity index (χ1) is 10.8. The van der Waals surface area contributed by atoms with Crippen molar-refractivity contribution < 1.29 is 9.59 Å². The summed E-state index contributed by atoms with van der Waals surface area (Å²) >= 11 is 0. The van der Waals surface area contributed by atoms with Gasteiger partial charge in [0.15, 0.2) is 0 Å². The molecule has 0 spiro atoms. The van der Waals surface area contributed by atoms with Gasteiger partial charge in [-0.15, -0.1) is 0 Å². The lowest BCUT2D eigenvalue weighted by Gasteiger charge is -2.52. The van der Waals surface area contributed by atoms with Crippen LogP contribution in [-0.2, 0) is 4.79 Å². The highest BCUT2D eigenvalue weighted by molar-refractivity contribution is 6.00. The zero-order valence-electron chi connectivity index (χ0n) is 11.6. The molecule has 0 aromatic carbocycles. The van der Waals surface area contributed by atoms with E-state index in [4.69, 9.17) is 0 Å². The zero-order valence-corrected chi connectivity index (χ0v) is 11.6. The second-order valence-electron chi connectivity index (χ2n) is 5.58. The van der Waals surface area contributed by atoms with Crippen molar-refractivity contribution in [3.63, 3.8) is 0 Å². The molecule has 1 saturated carbocycles. The highest BCUT2D eigenvalue weighted by Gasteiger charge is 2.59. The van der Waals surface area contributed by atoms with Crippen LogP contribution in [0.5, 0.6) is 0 Å². The Morgan fingerprint density at radius 1 is 0.818 bits per heavy atom. The molecule has 3 amide bonds. The summed E-state index contributed by atoms with van der Waals surface area (Å²) in [7, 11) is 0. The molecular formula is C16H14N4O2. The number of hydrogen-bond donors (Lipinski definition) is 2. The van der Waals surface area contributed by atoms with Gasteiger partial charge < -0.3 is 5.32 Å². The summed E-state index contributed by atoms with van der Waals surface area (Å²) in [6.45, 7) is 0. The van der Waals surface area contributed by atoms with Gasteiger partial charge in [-0.2, -0.15) is 0 Å². The molecule has 6 nitrogen and oxygen atoms in total. The Hall–Kier alpha value is -2.76. The SMILES string of the molecule is O=C1NC(=O)C2C(N1)C(c1ccccn1)C2c1ccccn1. The number of imide groups is 1. The maximum Gasteiger partial charge on any atom is 0.321 e. The second kappa shape index (κ2) is 4.91. The highest BCUT2D eigenvalue weighted by Crippen LogP contribution is 2.53. The largest absolute Gasteiger partial charge is 0.334 e. The first-order valence-electron chi connectivity index (χ1n) is 7.19. The van der Waals surface area contributed by atoms with E-state index in [0.29, 0.717) is 0 Å². The van der Waals surface area contributed by atoms with Gasteiger partial charge in [0.25, 0.3) is 0 Å². The third kappa shape index (κ3) is 1.88. The second-order valence-corrected chi connectivity index (χ2v) is 5.58. The predicted octanol–water partition coefficient (Wildman–Crippen LogP) is 1.18. The lowest BCUT2D eigenvalue weighted by Crippen LogP contribution is -2.69. The van der Waals surface area contributed by atoms with Crippen molar-refractivity contribution in [1.82, 2.24) is 20.6 Å². The number of pyridine rings is 2. The van der Waals surface area contributed by atoms with Crippen molar-refractivity contribution in [2.24, 2.45) is 5.92 Å². The Labute approximate surface area is 127 Å². The molecule has 2 aromatic rings. The average Bonchev–Trinajstić information content (AvgIpc) is 2.52. The standard InChI is InChI=1S/C16H14N4O2/c21-15-13-11(9-5-1-3-7-17-9)12(10-6-2-4-8-18-10)14(13)19-16(22)20-15/h1-8,11-14H,(H2,19,20,21,22). The number of aromatic nitrogens is 2. The van der Waals surface area contributed by atoms with Crippen LogP contribution in [0.15, 0.2) is 48.8 Å². The number of nitrogens with one attached hydrogen (secondary N) is 2. The highest BCUT2D eigenvalue weighted by atomic mass is 16.2. The van der Waals surface area contributed by atoms with Gasteiger partial charge in [-0.05, 0) is 24.3 Å². The van der Waals surface area contributed by atoms with Crippen LogP contribution in [0.4, 0.5) is 4.79 Å². The fourth-order valence-electron chi connectivity index (χ4n) is 3.52. The molecule has 2 aliphatic rings. The van der Waals surface area contributed by atoms with Gasteiger partial charge in [-0.3, -0.25) is 20.1 Å².